The molecular formula is C22H19NO3. The van der Waals surface area contributed by atoms with Crippen molar-refractivity contribution in [2.24, 2.45) is 4.99 Å². The van der Waals surface area contributed by atoms with Gasteiger partial charge in [0.1, 0.15) is 5.75 Å². The van der Waals surface area contributed by atoms with E-state index in [4.69, 9.17) is 4.74 Å². The van der Waals surface area contributed by atoms with Crippen LogP contribution in [-0.4, -0.2) is 24.4 Å². The van der Waals surface area contributed by atoms with Gasteiger partial charge in [-0.25, -0.2) is 4.79 Å². The van der Waals surface area contributed by atoms with E-state index in [1.807, 2.05) is 66.7 Å². The fourth-order valence-corrected chi connectivity index (χ4v) is 2.63. The second-order valence-corrected chi connectivity index (χ2v) is 5.78. The molecule has 0 aromatic heterocycles. The Morgan fingerprint density at radius 2 is 1.50 bits per heavy atom. The minimum atomic E-state index is -0.970. The fourth-order valence-electron chi connectivity index (χ4n) is 2.63. The first-order valence-corrected chi connectivity index (χ1v) is 8.23. The van der Waals surface area contributed by atoms with Crippen LogP contribution < -0.4 is 4.74 Å². The van der Waals surface area contributed by atoms with E-state index in [9.17, 15) is 9.90 Å². The summed E-state index contributed by atoms with van der Waals surface area (Å²) in [7, 11) is 1.64. The minimum absolute atomic E-state index is 0.658. The van der Waals surface area contributed by atoms with Gasteiger partial charge in [0.05, 0.1) is 7.11 Å². The van der Waals surface area contributed by atoms with Gasteiger partial charge in [0.25, 0.3) is 0 Å². The van der Waals surface area contributed by atoms with Crippen molar-refractivity contribution in [1.29, 1.82) is 0 Å². The zero-order chi connectivity index (χ0) is 18.4. The molecule has 3 rings (SSSR count). The molecule has 1 N–H and O–H groups in total. The number of carbonyl (C=O) groups is 1. The third-order valence-corrected chi connectivity index (χ3v) is 4.06. The van der Waals surface area contributed by atoms with Crippen LogP contribution in [0.4, 0.5) is 0 Å². The van der Waals surface area contributed by atoms with Crippen LogP contribution in [0.15, 0.2) is 83.9 Å². The molecule has 26 heavy (non-hydrogen) atoms. The molecule has 3 aromatic rings. The predicted molar refractivity (Wildman–Crippen MR) is 103 cm³/mol. The molecule has 130 valence electrons. The Morgan fingerprint density at radius 1 is 0.923 bits per heavy atom. The normalized spacial score (nSPS) is 12.0. The highest BCUT2D eigenvalue weighted by molar-refractivity contribution is 5.85. The maximum Gasteiger partial charge on any atom is 0.333 e. The maximum atomic E-state index is 11.5. The third-order valence-electron chi connectivity index (χ3n) is 4.06. The summed E-state index contributed by atoms with van der Waals surface area (Å²) in [6, 6.07) is 23.8. The average molecular weight is 345 g/mol. The van der Waals surface area contributed by atoms with Crippen molar-refractivity contribution in [3.8, 4) is 16.9 Å². The topological polar surface area (TPSA) is 58.9 Å². The number of hydrogen-bond donors (Lipinski definition) is 1. The second kappa shape index (κ2) is 8.12. The van der Waals surface area contributed by atoms with Crippen LogP contribution in [0, 0.1) is 0 Å². The highest BCUT2D eigenvalue weighted by atomic mass is 16.5. The Bertz CT molecular complexity index is 885. The first-order valence-electron chi connectivity index (χ1n) is 8.23. The molecule has 0 fully saturated rings. The monoisotopic (exact) mass is 345 g/mol. The van der Waals surface area contributed by atoms with Crippen molar-refractivity contribution in [3.63, 3.8) is 0 Å². The van der Waals surface area contributed by atoms with Crippen molar-refractivity contribution >= 4 is 12.2 Å². The number of aliphatic imine (C=N–C) groups is 1. The van der Waals surface area contributed by atoms with Gasteiger partial charge in [0.2, 0.25) is 0 Å². The van der Waals surface area contributed by atoms with E-state index in [2.05, 4.69) is 4.99 Å². The SMILES string of the molecule is COc1ccc(-c2ccc(C=N[C@@H](C(=O)O)c3ccccc3)cc2)cc1. The maximum absolute atomic E-state index is 11.5. The van der Waals surface area contributed by atoms with Gasteiger partial charge in [-0.05, 0) is 34.4 Å². The zero-order valence-corrected chi connectivity index (χ0v) is 14.4. The van der Waals surface area contributed by atoms with Crippen LogP contribution in [0.5, 0.6) is 5.75 Å². The lowest BCUT2D eigenvalue weighted by Crippen LogP contribution is -2.09. The van der Waals surface area contributed by atoms with Crippen LogP contribution in [0.25, 0.3) is 11.1 Å². The van der Waals surface area contributed by atoms with Crippen LogP contribution >= 0.6 is 0 Å². The zero-order valence-electron chi connectivity index (χ0n) is 14.4. The molecule has 0 radical (unpaired) electrons. The van der Waals surface area contributed by atoms with E-state index in [0.29, 0.717) is 5.56 Å². The number of benzene rings is 3. The number of carboxylic acids is 1. The number of rotatable bonds is 6. The molecule has 3 aromatic carbocycles. The van der Waals surface area contributed by atoms with Gasteiger partial charge in [-0.15, -0.1) is 0 Å². The average Bonchev–Trinajstić information content (AvgIpc) is 2.69. The molecule has 4 nitrogen and oxygen atoms in total. The molecule has 0 saturated carbocycles. The van der Waals surface area contributed by atoms with E-state index in [1.165, 1.54) is 0 Å². The molecular weight excluding hydrogens is 326 g/mol. The highest BCUT2D eigenvalue weighted by Gasteiger charge is 2.17. The molecule has 0 unspecified atom stereocenters. The van der Waals surface area contributed by atoms with Gasteiger partial charge in [0.15, 0.2) is 6.04 Å². The quantitative estimate of drug-likeness (QED) is 0.664. The van der Waals surface area contributed by atoms with Crippen molar-refractivity contribution in [1.82, 2.24) is 0 Å². The van der Waals surface area contributed by atoms with Crippen LogP contribution in [0.2, 0.25) is 0 Å². The lowest BCUT2D eigenvalue weighted by Gasteiger charge is -2.07. The summed E-state index contributed by atoms with van der Waals surface area (Å²) >= 11 is 0. The molecule has 0 saturated heterocycles. The molecule has 0 amide bonds. The molecule has 4 heteroatoms. The summed E-state index contributed by atoms with van der Waals surface area (Å²) in [6.07, 6.45) is 1.60. The van der Waals surface area contributed by atoms with Gasteiger partial charge < -0.3 is 9.84 Å². The molecule has 0 spiro atoms. The number of nitrogens with zero attached hydrogens (tertiary/aromatic N) is 1. The lowest BCUT2D eigenvalue weighted by molar-refractivity contribution is -0.138. The third kappa shape index (κ3) is 4.16. The summed E-state index contributed by atoms with van der Waals surface area (Å²) in [5, 5.41) is 9.42. The summed E-state index contributed by atoms with van der Waals surface area (Å²) in [4.78, 5) is 15.7. The molecule has 0 bridgehead atoms. The summed E-state index contributed by atoms with van der Waals surface area (Å²) in [5.74, 6) is -0.152. The number of carboxylic acid groups (broad SMARTS) is 1. The largest absolute Gasteiger partial charge is 0.497 e. The van der Waals surface area contributed by atoms with Gasteiger partial charge in [0, 0.05) is 6.21 Å². The Labute approximate surface area is 152 Å². The van der Waals surface area contributed by atoms with Gasteiger partial charge in [-0.2, -0.15) is 0 Å². The van der Waals surface area contributed by atoms with Gasteiger partial charge >= 0.3 is 5.97 Å². The van der Waals surface area contributed by atoms with Gasteiger partial charge in [-0.3, -0.25) is 4.99 Å². The van der Waals surface area contributed by atoms with E-state index >= 15 is 0 Å². The van der Waals surface area contributed by atoms with Crippen LogP contribution in [0.1, 0.15) is 17.2 Å². The molecule has 0 aliphatic rings. The minimum Gasteiger partial charge on any atom is -0.497 e. The summed E-state index contributed by atoms with van der Waals surface area (Å²) in [6.45, 7) is 0. The first-order chi connectivity index (χ1) is 12.7. The highest BCUT2D eigenvalue weighted by Crippen LogP contribution is 2.23. The van der Waals surface area contributed by atoms with Crippen LogP contribution in [-0.2, 0) is 4.79 Å². The van der Waals surface area contributed by atoms with Crippen LogP contribution in [0.3, 0.4) is 0 Å². The number of ether oxygens (including phenoxy) is 1. The van der Waals surface area contributed by atoms with E-state index in [-0.39, 0.29) is 0 Å². The Balaban J connectivity index is 1.77. The van der Waals surface area contributed by atoms with Gasteiger partial charge in [-0.1, -0.05) is 66.7 Å². The Kier molecular flexibility index (Phi) is 5.44. The number of aliphatic carboxylic acids is 1. The Hall–Kier alpha value is -3.40. The Morgan fingerprint density at radius 3 is 2.04 bits per heavy atom. The summed E-state index contributed by atoms with van der Waals surface area (Å²) < 4.78 is 5.17. The number of hydrogen-bond acceptors (Lipinski definition) is 3. The smallest absolute Gasteiger partial charge is 0.333 e. The lowest BCUT2D eigenvalue weighted by atomic mass is 10.0. The summed E-state index contributed by atoms with van der Waals surface area (Å²) in [5.41, 5.74) is 3.67. The van der Waals surface area contributed by atoms with Crippen molar-refractivity contribution in [2.45, 2.75) is 6.04 Å². The van der Waals surface area contributed by atoms with E-state index in [0.717, 1.165) is 22.4 Å². The first kappa shape index (κ1) is 17.4. The predicted octanol–water partition coefficient (Wildman–Crippen LogP) is 4.61. The second-order valence-electron chi connectivity index (χ2n) is 5.78. The molecule has 0 aliphatic carbocycles. The van der Waals surface area contributed by atoms with Crippen molar-refractivity contribution < 1.29 is 14.6 Å². The molecule has 0 aliphatic heterocycles. The fraction of sp³-hybridized carbons (Fsp3) is 0.0909. The van der Waals surface area contributed by atoms with Crippen molar-refractivity contribution in [3.05, 3.63) is 90.0 Å². The standard InChI is InChI=1S/C22H19NO3/c1-26-20-13-11-18(12-14-20)17-9-7-16(8-10-17)15-23-21(22(24)25)19-5-3-2-4-6-19/h2-15,21H,1H3,(H,24,25)/t21-/m1/s1. The van der Waals surface area contributed by atoms with E-state index < -0.39 is 12.0 Å². The molecule has 0 heterocycles. The van der Waals surface area contributed by atoms with Crippen molar-refractivity contribution in [2.75, 3.05) is 7.11 Å². The number of methoxy groups -OCH3 is 1. The molecule has 1 atom stereocenters. The van der Waals surface area contributed by atoms with E-state index in [1.54, 1.807) is 25.5 Å².